The molecule has 1 aromatic heterocycles. The van der Waals surface area contributed by atoms with Crippen LogP contribution in [0.1, 0.15) is 16.9 Å². The zero-order valence-electron chi connectivity index (χ0n) is 18.6. The fraction of sp³-hybridized carbons (Fsp3) is 0.500. The Hall–Kier alpha value is -2.26. The number of amides is 2. The van der Waals surface area contributed by atoms with Crippen molar-refractivity contribution in [2.75, 3.05) is 46.4 Å². The first-order valence-electron chi connectivity index (χ1n) is 11.2. The van der Waals surface area contributed by atoms with Crippen LogP contribution < -0.4 is 5.32 Å². The zero-order chi connectivity index (χ0) is 22.3. The first kappa shape index (κ1) is 22.9. The molecule has 2 aromatic rings. The molecule has 3 heterocycles. The number of hydrogen-bond donors (Lipinski definition) is 1. The van der Waals surface area contributed by atoms with Crippen molar-refractivity contribution in [2.45, 2.75) is 31.6 Å². The van der Waals surface area contributed by atoms with Crippen molar-refractivity contribution >= 4 is 23.2 Å². The molecule has 1 aromatic carbocycles. The van der Waals surface area contributed by atoms with E-state index in [1.165, 1.54) is 17.6 Å². The average molecular weight is 457 g/mol. The van der Waals surface area contributed by atoms with Gasteiger partial charge in [0.05, 0.1) is 0 Å². The van der Waals surface area contributed by atoms with Gasteiger partial charge in [-0.1, -0.05) is 36.4 Å². The molecule has 7 nitrogen and oxygen atoms in total. The highest BCUT2D eigenvalue weighted by Crippen LogP contribution is 2.28. The van der Waals surface area contributed by atoms with E-state index in [-0.39, 0.29) is 24.5 Å². The minimum absolute atomic E-state index is 0.00165. The number of nitrogens with one attached hydrogen (secondary N) is 1. The summed E-state index contributed by atoms with van der Waals surface area (Å²) in [7, 11) is 1.52. The Balaban J connectivity index is 1.55. The molecule has 1 N–H and O–H groups in total. The van der Waals surface area contributed by atoms with Crippen LogP contribution in [0.25, 0.3) is 0 Å². The summed E-state index contributed by atoms with van der Waals surface area (Å²) in [6.07, 6.45) is 0.649. The van der Waals surface area contributed by atoms with E-state index in [0.29, 0.717) is 26.1 Å². The number of hydrogen-bond acceptors (Lipinski definition) is 6. The molecular formula is C24H32N4O3S. The summed E-state index contributed by atoms with van der Waals surface area (Å²) in [5.41, 5.74) is 1.23. The van der Waals surface area contributed by atoms with E-state index < -0.39 is 6.04 Å². The van der Waals surface area contributed by atoms with Crippen molar-refractivity contribution in [1.29, 1.82) is 0 Å². The maximum Gasteiger partial charge on any atom is 0.249 e. The number of benzene rings is 1. The lowest BCUT2D eigenvalue weighted by atomic mass is 10.1. The molecule has 0 aliphatic carbocycles. The Morgan fingerprint density at radius 1 is 1.12 bits per heavy atom. The van der Waals surface area contributed by atoms with E-state index >= 15 is 0 Å². The number of carbonyl (C=O) groups is 2. The van der Waals surface area contributed by atoms with Crippen molar-refractivity contribution in [3.8, 4) is 0 Å². The third-order valence-electron chi connectivity index (χ3n) is 6.26. The van der Waals surface area contributed by atoms with Crippen molar-refractivity contribution in [3.05, 3.63) is 58.3 Å². The van der Waals surface area contributed by atoms with Gasteiger partial charge in [0.1, 0.15) is 12.6 Å². The monoisotopic (exact) mass is 456 g/mol. The number of carbonyl (C=O) groups excluding carboxylic acids is 2. The lowest BCUT2D eigenvalue weighted by molar-refractivity contribution is -0.146. The Morgan fingerprint density at radius 3 is 2.59 bits per heavy atom. The van der Waals surface area contributed by atoms with Gasteiger partial charge < -0.3 is 19.9 Å². The summed E-state index contributed by atoms with van der Waals surface area (Å²) >= 11 is 1.74. The van der Waals surface area contributed by atoms with Gasteiger partial charge in [-0.05, 0) is 23.4 Å². The SMILES string of the molecule is COCC(=O)N1CC(N(Cc2ccccc2)Cc2cccs2)CC1C(=O)N1CCNCC1. The highest BCUT2D eigenvalue weighted by Gasteiger charge is 2.43. The third kappa shape index (κ3) is 5.56. The molecule has 0 radical (unpaired) electrons. The van der Waals surface area contributed by atoms with Crippen LogP contribution >= 0.6 is 11.3 Å². The predicted octanol–water partition coefficient (Wildman–Crippen LogP) is 1.80. The minimum atomic E-state index is -0.428. The van der Waals surface area contributed by atoms with Crippen molar-refractivity contribution < 1.29 is 14.3 Å². The number of piperazine rings is 1. The van der Waals surface area contributed by atoms with E-state index in [1.54, 1.807) is 16.2 Å². The molecule has 4 rings (SSSR count). The number of rotatable bonds is 8. The minimum Gasteiger partial charge on any atom is -0.375 e. The predicted molar refractivity (Wildman–Crippen MR) is 125 cm³/mol. The molecule has 32 heavy (non-hydrogen) atoms. The van der Waals surface area contributed by atoms with Crippen LogP contribution in [0.5, 0.6) is 0 Å². The Morgan fingerprint density at radius 2 is 1.91 bits per heavy atom. The normalized spacial score (nSPS) is 21.3. The first-order chi connectivity index (χ1) is 15.7. The summed E-state index contributed by atoms with van der Waals surface area (Å²) < 4.78 is 5.13. The van der Waals surface area contributed by atoms with Gasteiger partial charge in [0.15, 0.2) is 0 Å². The van der Waals surface area contributed by atoms with Crippen LogP contribution in [0.15, 0.2) is 47.8 Å². The highest BCUT2D eigenvalue weighted by molar-refractivity contribution is 7.09. The van der Waals surface area contributed by atoms with Gasteiger partial charge in [0.25, 0.3) is 0 Å². The molecule has 0 saturated carbocycles. The maximum atomic E-state index is 13.4. The van der Waals surface area contributed by atoms with Crippen molar-refractivity contribution in [3.63, 3.8) is 0 Å². The van der Waals surface area contributed by atoms with Crippen LogP contribution in [0, 0.1) is 0 Å². The molecule has 0 spiro atoms. The zero-order valence-corrected chi connectivity index (χ0v) is 19.4. The van der Waals surface area contributed by atoms with Crippen LogP contribution in [-0.2, 0) is 27.4 Å². The van der Waals surface area contributed by atoms with Crippen molar-refractivity contribution in [1.82, 2.24) is 20.0 Å². The summed E-state index contributed by atoms with van der Waals surface area (Å²) in [6, 6.07) is 14.3. The topological polar surface area (TPSA) is 65.1 Å². The Labute approximate surface area is 193 Å². The third-order valence-corrected chi connectivity index (χ3v) is 7.13. The summed E-state index contributed by atoms with van der Waals surface area (Å²) in [6.45, 7) is 5.11. The van der Waals surface area contributed by atoms with Gasteiger partial charge in [-0.25, -0.2) is 0 Å². The summed E-state index contributed by atoms with van der Waals surface area (Å²) in [5.74, 6) is -0.0477. The number of ether oxygens (including phenoxy) is 1. The van der Waals surface area contributed by atoms with E-state index in [1.807, 2.05) is 11.0 Å². The quantitative estimate of drug-likeness (QED) is 0.656. The molecule has 2 atom stereocenters. The second-order valence-electron chi connectivity index (χ2n) is 8.43. The molecule has 2 aliphatic rings. The van der Waals surface area contributed by atoms with Gasteiger partial charge in [-0.3, -0.25) is 14.5 Å². The molecule has 0 bridgehead atoms. The fourth-order valence-electron chi connectivity index (χ4n) is 4.63. The van der Waals surface area contributed by atoms with Gasteiger partial charge in [-0.2, -0.15) is 0 Å². The summed E-state index contributed by atoms with van der Waals surface area (Å²) in [5, 5.41) is 5.39. The van der Waals surface area contributed by atoms with E-state index in [9.17, 15) is 9.59 Å². The average Bonchev–Trinajstić information content (AvgIpc) is 3.50. The molecular weight excluding hydrogens is 424 g/mol. The largest absolute Gasteiger partial charge is 0.375 e. The molecule has 2 saturated heterocycles. The standard InChI is InChI=1S/C24H32N4O3S/c1-31-18-23(29)28-16-20(14-22(28)24(30)26-11-9-25-10-12-26)27(17-21-8-5-13-32-21)15-19-6-3-2-4-7-19/h2-8,13,20,22,25H,9-12,14-18H2,1H3. The maximum absolute atomic E-state index is 13.4. The van der Waals surface area contributed by atoms with Gasteiger partial charge in [-0.15, -0.1) is 11.3 Å². The molecule has 172 valence electrons. The smallest absolute Gasteiger partial charge is 0.249 e. The van der Waals surface area contributed by atoms with Gasteiger partial charge in [0, 0.05) is 63.8 Å². The highest BCUT2D eigenvalue weighted by atomic mass is 32.1. The van der Waals surface area contributed by atoms with Gasteiger partial charge in [0.2, 0.25) is 11.8 Å². The molecule has 2 amide bonds. The van der Waals surface area contributed by atoms with Gasteiger partial charge >= 0.3 is 0 Å². The second kappa shape index (κ2) is 11.0. The molecule has 2 unspecified atom stereocenters. The first-order valence-corrected chi connectivity index (χ1v) is 12.1. The van der Waals surface area contributed by atoms with Crippen LogP contribution in [0.2, 0.25) is 0 Å². The molecule has 2 aliphatic heterocycles. The number of methoxy groups -OCH3 is 1. The summed E-state index contributed by atoms with van der Waals surface area (Å²) in [4.78, 5) is 33.7. The lowest BCUT2D eigenvalue weighted by Crippen LogP contribution is -2.53. The van der Waals surface area contributed by atoms with E-state index in [4.69, 9.17) is 4.74 Å². The second-order valence-corrected chi connectivity index (χ2v) is 9.46. The van der Waals surface area contributed by atoms with Crippen LogP contribution in [0.4, 0.5) is 0 Å². The Bertz CT molecular complexity index is 871. The van der Waals surface area contributed by atoms with Crippen molar-refractivity contribution in [2.24, 2.45) is 0 Å². The van der Waals surface area contributed by atoms with Crippen LogP contribution in [-0.4, -0.2) is 85.0 Å². The number of nitrogens with zero attached hydrogens (tertiary/aromatic N) is 3. The molecule has 8 heteroatoms. The Kier molecular flexibility index (Phi) is 7.91. The molecule has 2 fully saturated rings. The fourth-order valence-corrected chi connectivity index (χ4v) is 5.35. The van der Waals surface area contributed by atoms with E-state index in [0.717, 1.165) is 26.2 Å². The van der Waals surface area contributed by atoms with E-state index in [2.05, 4.69) is 52.0 Å². The van der Waals surface area contributed by atoms with Crippen LogP contribution in [0.3, 0.4) is 0 Å². The lowest BCUT2D eigenvalue weighted by Gasteiger charge is -2.32. The number of thiophene rings is 1. The number of likely N-dealkylation sites (tertiary alicyclic amines) is 1.